The van der Waals surface area contributed by atoms with Crippen LogP contribution in [-0.2, 0) is 22.6 Å². The number of carboxylic acids is 2. The van der Waals surface area contributed by atoms with Gasteiger partial charge in [-0.25, -0.2) is 9.59 Å². The Balaban J connectivity index is 0.000000501. The van der Waals surface area contributed by atoms with Gasteiger partial charge in [-0.1, -0.05) is 46.3 Å². The fraction of sp³-hybridized carbons (Fsp3) is 0.391. The Kier molecular flexibility index (Phi) is 10.5. The standard InChI is InChI=1S/C21H27BrN2O.C2H2O4/c1-25-21-10-9-20(22)16-19(21)17-24-14-12-23(13-15-24)11-5-8-18-6-3-2-4-7-18;3-1(4)2(5)6/h2-4,6-7,9-10,16H,5,8,11-15,17H2,1H3;(H,3,4)(H,5,6). The van der Waals surface area contributed by atoms with Crippen LogP contribution >= 0.6 is 15.9 Å². The summed E-state index contributed by atoms with van der Waals surface area (Å²) in [5.74, 6) is -2.67. The number of piperazine rings is 1. The first-order chi connectivity index (χ1) is 14.9. The summed E-state index contributed by atoms with van der Waals surface area (Å²) in [6.45, 7) is 6.72. The molecule has 2 aromatic rings. The molecule has 0 saturated carbocycles. The highest BCUT2D eigenvalue weighted by Crippen LogP contribution is 2.24. The van der Waals surface area contributed by atoms with E-state index in [0.717, 1.165) is 42.9 Å². The van der Waals surface area contributed by atoms with E-state index < -0.39 is 11.9 Å². The minimum absolute atomic E-state index is 0.959. The van der Waals surface area contributed by atoms with Crippen molar-refractivity contribution in [3.8, 4) is 5.75 Å². The lowest BCUT2D eigenvalue weighted by Crippen LogP contribution is -2.46. The largest absolute Gasteiger partial charge is 0.496 e. The average Bonchev–Trinajstić information content (AvgIpc) is 2.76. The number of benzene rings is 2. The maximum absolute atomic E-state index is 9.10. The summed E-state index contributed by atoms with van der Waals surface area (Å²) in [6, 6.07) is 17.0. The van der Waals surface area contributed by atoms with Crippen molar-refractivity contribution in [2.24, 2.45) is 0 Å². The molecule has 8 heteroatoms. The summed E-state index contributed by atoms with van der Waals surface area (Å²) in [5, 5.41) is 14.8. The zero-order valence-electron chi connectivity index (χ0n) is 17.7. The zero-order chi connectivity index (χ0) is 22.6. The lowest BCUT2D eigenvalue weighted by molar-refractivity contribution is -0.159. The van der Waals surface area contributed by atoms with Gasteiger partial charge in [-0.15, -0.1) is 0 Å². The van der Waals surface area contributed by atoms with Gasteiger partial charge in [0, 0.05) is 42.8 Å². The molecule has 0 aliphatic carbocycles. The number of hydrogen-bond donors (Lipinski definition) is 2. The molecule has 1 saturated heterocycles. The molecule has 0 aromatic heterocycles. The molecule has 0 bridgehead atoms. The third-order valence-corrected chi connectivity index (χ3v) is 5.56. The average molecular weight is 493 g/mol. The van der Waals surface area contributed by atoms with E-state index in [0.29, 0.717) is 0 Å². The van der Waals surface area contributed by atoms with Gasteiger partial charge in [-0.3, -0.25) is 4.90 Å². The van der Waals surface area contributed by atoms with E-state index in [1.54, 1.807) is 7.11 Å². The van der Waals surface area contributed by atoms with Gasteiger partial charge in [0.2, 0.25) is 0 Å². The van der Waals surface area contributed by atoms with Crippen LogP contribution in [0.5, 0.6) is 5.75 Å². The van der Waals surface area contributed by atoms with Crippen LogP contribution in [0.4, 0.5) is 0 Å². The van der Waals surface area contributed by atoms with E-state index in [1.807, 2.05) is 12.1 Å². The van der Waals surface area contributed by atoms with E-state index in [1.165, 1.54) is 30.5 Å². The van der Waals surface area contributed by atoms with Crippen molar-refractivity contribution in [1.29, 1.82) is 0 Å². The molecule has 3 rings (SSSR count). The summed E-state index contributed by atoms with van der Waals surface area (Å²) < 4.78 is 6.61. The lowest BCUT2D eigenvalue weighted by atomic mass is 10.1. The molecular weight excluding hydrogens is 464 g/mol. The third kappa shape index (κ3) is 9.08. The topological polar surface area (TPSA) is 90.3 Å². The van der Waals surface area contributed by atoms with Gasteiger partial charge >= 0.3 is 11.9 Å². The van der Waals surface area contributed by atoms with Crippen LogP contribution in [0, 0.1) is 0 Å². The van der Waals surface area contributed by atoms with Crippen LogP contribution in [0.15, 0.2) is 53.0 Å². The summed E-state index contributed by atoms with van der Waals surface area (Å²) in [4.78, 5) is 23.3. The van der Waals surface area contributed by atoms with Crippen LogP contribution in [0.2, 0.25) is 0 Å². The molecule has 0 atom stereocenters. The second kappa shape index (κ2) is 13.1. The van der Waals surface area contributed by atoms with E-state index in [-0.39, 0.29) is 0 Å². The molecule has 0 radical (unpaired) electrons. The quantitative estimate of drug-likeness (QED) is 0.572. The van der Waals surface area contributed by atoms with Crippen LogP contribution in [0.1, 0.15) is 17.5 Å². The highest BCUT2D eigenvalue weighted by Gasteiger charge is 2.18. The number of halogens is 1. The minimum Gasteiger partial charge on any atom is -0.496 e. The van der Waals surface area contributed by atoms with E-state index in [4.69, 9.17) is 24.5 Å². The fourth-order valence-corrected chi connectivity index (χ4v) is 3.84. The third-order valence-electron chi connectivity index (χ3n) is 5.07. The second-order valence-corrected chi connectivity index (χ2v) is 8.19. The van der Waals surface area contributed by atoms with Crippen molar-refractivity contribution in [2.45, 2.75) is 19.4 Å². The van der Waals surface area contributed by atoms with Crippen molar-refractivity contribution in [3.63, 3.8) is 0 Å². The molecule has 7 nitrogen and oxygen atoms in total. The first-order valence-corrected chi connectivity index (χ1v) is 11.0. The van der Waals surface area contributed by atoms with Crippen molar-refractivity contribution >= 4 is 27.9 Å². The van der Waals surface area contributed by atoms with Gasteiger partial charge in [0.25, 0.3) is 0 Å². The van der Waals surface area contributed by atoms with Crippen LogP contribution in [-0.4, -0.2) is 71.8 Å². The second-order valence-electron chi connectivity index (χ2n) is 7.27. The smallest absolute Gasteiger partial charge is 0.414 e. The number of rotatable bonds is 7. The SMILES string of the molecule is COc1ccc(Br)cc1CN1CCN(CCCc2ccccc2)CC1.O=C(O)C(=O)O. The molecule has 168 valence electrons. The first kappa shape index (κ1) is 24.8. The summed E-state index contributed by atoms with van der Waals surface area (Å²) in [7, 11) is 1.75. The molecule has 1 fully saturated rings. The van der Waals surface area contributed by atoms with Gasteiger partial charge in [-0.05, 0) is 43.1 Å². The van der Waals surface area contributed by atoms with Gasteiger partial charge in [0.1, 0.15) is 5.75 Å². The van der Waals surface area contributed by atoms with Gasteiger partial charge in [0.15, 0.2) is 0 Å². The summed E-state index contributed by atoms with van der Waals surface area (Å²) in [5.41, 5.74) is 2.71. The Hall–Kier alpha value is -2.42. The Morgan fingerprint density at radius 3 is 2.16 bits per heavy atom. The van der Waals surface area contributed by atoms with Crippen LogP contribution < -0.4 is 4.74 Å². The molecule has 2 N–H and O–H groups in total. The number of nitrogens with zero attached hydrogens (tertiary/aromatic N) is 2. The van der Waals surface area contributed by atoms with Gasteiger partial charge in [-0.2, -0.15) is 0 Å². The lowest BCUT2D eigenvalue weighted by Gasteiger charge is -2.35. The van der Waals surface area contributed by atoms with Crippen molar-refractivity contribution in [3.05, 3.63) is 64.1 Å². The Morgan fingerprint density at radius 2 is 1.58 bits per heavy atom. The number of carbonyl (C=O) groups is 2. The van der Waals surface area contributed by atoms with Crippen LogP contribution in [0.3, 0.4) is 0 Å². The molecular formula is C23H29BrN2O5. The molecule has 1 heterocycles. The molecule has 0 spiro atoms. The van der Waals surface area contributed by atoms with E-state index >= 15 is 0 Å². The predicted octanol–water partition coefficient (Wildman–Crippen LogP) is 3.36. The van der Waals surface area contributed by atoms with E-state index in [2.05, 4.69) is 62.1 Å². The monoisotopic (exact) mass is 492 g/mol. The highest BCUT2D eigenvalue weighted by atomic mass is 79.9. The molecule has 0 unspecified atom stereocenters. The Labute approximate surface area is 191 Å². The maximum Gasteiger partial charge on any atom is 0.414 e. The van der Waals surface area contributed by atoms with Crippen molar-refractivity contribution in [2.75, 3.05) is 39.8 Å². The number of carboxylic acid groups (broad SMARTS) is 2. The number of methoxy groups -OCH3 is 1. The number of ether oxygens (including phenoxy) is 1. The molecule has 1 aliphatic rings. The van der Waals surface area contributed by atoms with Crippen molar-refractivity contribution < 1.29 is 24.5 Å². The highest BCUT2D eigenvalue weighted by molar-refractivity contribution is 9.10. The van der Waals surface area contributed by atoms with Crippen LogP contribution in [0.25, 0.3) is 0 Å². The number of aliphatic carboxylic acids is 2. The minimum atomic E-state index is -1.82. The van der Waals surface area contributed by atoms with E-state index in [9.17, 15) is 0 Å². The maximum atomic E-state index is 9.10. The molecule has 31 heavy (non-hydrogen) atoms. The number of hydrogen-bond acceptors (Lipinski definition) is 5. The normalized spacial score (nSPS) is 14.4. The number of aryl methyl sites for hydroxylation is 1. The first-order valence-electron chi connectivity index (χ1n) is 10.2. The molecule has 0 amide bonds. The summed E-state index contributed by atoms with van der Waals surface area (Å²) in [6.07, 6.45) is 2.42. The molecule has 1 aliphatic heterocycles. The fourth-order valence-electron chi connectivity index (χ4n) is 3.43. The zero-order valence-corrected chi connectivity index (χ0v) is 19.3. The Bertz CT molecular complexity index is 827. The van der Waals surface area contributed by atoms with Gasteiger partial charge < -0.3 is 19.8 Å². The molecule has 2 aromatic carbocycles. The predicted molar refractivity (Wildman–Crippen MR) is 122 cm³/mol. The van der Waals surface area contributed by atoms with Gasteiger partial charge in [0.05, 0.1) is 7.11 Å². The Morgan fingerprint density at radius 1 is 0.968 bits per heavy atom. The van der Waals surface area contributed by atoms with Crippen molar-refractivity contribution in [1.82, 2.24) is 9.80 Å². The summed E-state index contributed by atoms with van der Waals surface area (Å²) >= 11 is 3.57.